The molecule has 106 valence electrons. The fraction of sp³-hybridized carbons (Fsp3) is 0.500. The van der Waals surface area contributed by atoms with Crippen LogP contribution in [0.5, 0.6) is 5.75 Å². The topological polar surface area (TPSA) is 55.6 Å². The minimum absolute atomic E-state index is 0.0647. The third kappa shape index (κ3) is 4.21. The molecule has 0 aliphatic heterocycles. The number of halogens is 1. The molecule has 19 heavy (non-hydrogen) atoms. The molecule has 4 nitrogen and oxygen atoms in total. The lowest BCUT2D eigenvalue weighted by Gasteiger charge is -2.21. The molecule has 0 saturated carbocycles. The largest absolute Gasteiger partial charge is 0.481 e. The molecule has 2 N–H and O–H groups in total. The number of amides is 1. The molecule has 1 atom stereocenters. The van der Waals surface area contributed by atoms with Gasteiger partial charge in [0.2, 0.25) is 0 Å². The summed E-state index contributed by atoms with van der Waals surface area (Å²) in [6.07, 6.45) is 0. The van der Waals surface area contributed by atoms with Gasteiger partial charge in [-0.2, -0.15) is 0 Å². The second-order valence-corrected chi connectivity index (χ2v) is 4.87. The summed E-state index contributed by atoms with van der Waals surface area (Å²) in [7, 11) is 1.69. The number of nitrogens with zero attached hydrogens (tertiary/aromatic N) is 1. The van der Waals surface area contributed by atoms with Crippen molar-refractivity contribution in [2.75, 3.05) is 13.7 Å². The normalized spacial score (nSPS) is 12.4. The van der Waals surface area contributed by atoms with Crippen LogP contribution in [0.2, 0.25) is 0 Å². The van der Waals surface area contributed by atoms with Gasteiger partial charge in [0.05, 0.1) is 0 Å². The molecule has 5 heteroatoms. The van der Waals surface area contributed by atoms with Crippen molar-refractivity contribution in [2.45, 2.75) is 32.9 Å². The number of carbonyl (C=O) groups excluding carboxylic acids is 1. The van der Waals surface area contributed by atoms with Crippen LogP contribution >= 0.6 is 0 Å². The summed E-state index contributed by atoms with van der Waals surface area (Å²) in [6, 6.07) is 4.37. The van der Waals surface area contributed by atoms with Crippen molar-refractivity contribution < 1.29 is 13.9 Å². The van der Waals surface area contributed by atoms with E-state index in [0.29, 0.717) is 5.56 Å². The number of carbonyl (C=O) groups is 1. The van der Waals surface area contributed by atoms with Crippen LogP contribution in [-0.2, 0) is 4.79 Å². The average molecular weight is 268 g/mol. The van der Waals surface area contributed by atoms with E-state index in [2.05, 4.69) is 0 Å². The number of ether oxygens (including phenoxy) is 1. The van der Waals surface area contributed by atoms with Crippen molar-refractivity contribution >= 4 is 5.91 Å². The molecule has 1 rings (SSSR count). The van der Waals surface area contributed by atoms with E-state index >= 15 is 0 Å². The first-order valence-corrected chi connectivity index (χ1v) is 6.26. The first-order valence-electron chi connectivity index (χ1n) is 6.26. The summed E-state index contributed by atoms with van der Waals surface area (Å²) in [5.41, 5.74) is 6.35. The molecule has 0 aliphatic rings. The van der Waals surface area contributed by atoms with Gasteiger partial charge in [-0.15, -0.1) is 0 Å². The first-order chi connectivity index (χ1) is 8.82. The molecule has 0 aromatic heterocycles. The lowest BCUT2D eigenvalue weighted by Crippen LogP contribution is -2.36. The maximum atomic E-state index is 13.7. The molecule has 0 bridgehead atoms. The van der Waals surface area contributed by atoms with Gasteiger partial charge in [-0.25, -0.2) is 4.39 Å². The fourth-order valence-electron chi connectivity index (χ4n) is 1.45. The Balaban J connectivity index is 2.66. The van der Waals surface area contributed by atoms with Crippen LogP contribution in [0.3, 0.4) is 0 Å². The summed E-state index contributed by atoms with van der Waals surface area (Å²) >= 11 is 0. The van der Waals surface area contributed by atoms with Crippen molar-refractivity contribution in [3.63, 3.8) is 0 Å². The van der Waals surface area contributed by atoms with Crippen molar-refractivity contribution in [1.82, 2.24) is 4.90 Å². The zero-order chi connectivity index (χ0) is 14.6. The van der Waals surface area contributed by atoms with E-state index in [1.807, 2.05) is 13.8 Å². The predicted octanol–water partition coefficient (Wildman–Crippen LogP) is 2.09. The number of rotatable bonds is 5. The summed E-state index contributed by atoms with van der Waals surface area (Å²) in [4.78, 5) is 13.3. The van der Waals surface area contributed by atoms with E-state index in [9.17, 15) is 9.18 Å². The van der Waals surface area contributed by atoms with Crippen LogP contribution < -0.4 is 10.5 Å². The molecule has 0 radical (unpaired) electrons. The van der Waals surface area contributed by atoms with E-state index in [4.69, 9.17) is 10.5 Å². The number of hydrogen-bond acceptors (Lipinski definition) is 3. The Morgan fingerprint density at radius 2 is 2.05 bits per heavy atom. The first kappa shape index (κ1) is 15.4. The third-order valence-corrected chi connectivity index (χ3v) is 3.00. The van der Waals surface area contributed by atoms with Gasteiger partial charge in [0.25, 0.3) is 5.91 Å². The van der Waals surface area contributed by atoms with Gasteiger partial charge in [0.1, 0.15) is 0 Å². The van der Waals surface area contributed by atoms with Crippen molar-refractivity contribution in [1.29, 1.82) is 0 Å². The zero-order valence-electron chi connectivity index (χ0n) is 11.8. The summed E-state index contributed by atoms with van der Waals surface area (Å²) in [5, 5.41) is 0. The Bertz CT molecular complexity index is 447. The summed E-state index contributed by atoms with van der Waals surface area (Å²) < 4.78 is 18.9. The molecule has 0 unspecified atom stereocenters. The van der Waals surface area contributed by atoms with Crippen molar-refractivity contribution in [3.05, 3.63) is 29.6 Å². The maximum Gasteiger partial charge on any atom is 0.260 e. The van der Waals surface area contributed by atoms with E-state index < -0.39 is 5.82 Å². The molecular weight excluding hydrogens is 247 g/mol. The van der Waals surface area contributed by atoms with Crippen LogP contribution in [0.4, 0.5) is 4.39 Å². The maximum absolute atomic E-state index is 13.7. The molecule has 0 heterocycles. The molecule has 0 spiro atoms. The fourth-order valence-corrected chi connectivity index (χ4v) is 1.45. The van der Waals surface area contributed by atoms with Crippen LogP contribution in [0.1, 0.15) is 32.4 Å². The van der Waals surface area contributed by atoms with Gasteiger partial charge < -0.3 is 15.4 Å². The Kier molecular flexibility index (Phi) is 5.30. The molecule has 0 aliphatic carbocycles. The highest BCUT2D eigenvalue weighted by Crippen LogP contribution is 2.21. The van der Waals surface area contributed by atoms with Gasteiger partial charge in [-0.1, -0.05) is 6.07 Å². The third-order valence-electron chi connectivity index (χ3n) is 3.00. The minimum Gasteiger partial charge on any atom is -0.481 e. The molecule has 0 fully saturated rings. The van der Waals surface area contributed by atoms with Gasteiger partial charge in [-0.05, 0) is 38.5 Å². The van der Waals surface area contributed by atoms with Gasteiger partial charge >= 0.3 is 0 Å². The highest BCUT2D eigenvalue weighted by molar-refractivity contribution is 5.77. The predicted molar refractivity (Wildman–Crippen MR) is 72.4 cm³/mol. The zero-order valence-corrected chi connectivity index (χ0v) is 11.8. The Labute approximate surface area is 113 Å². The number of likely N-dealkylation sites (N-methyl/N-ethyl adjacent to an activating group) is 1. The number of nitrogens with two attached hydrogens (primary N) is 1. The van der Waals surface area contributed by atoms with Gasteiger partial charge in [-0.3, -0.25) is 4.79 Å². The van der Waals surface area contributed by atoms with Gasteiger partial charge in [0, 0.05) is 19.1 Å². The SMILES string of the molecule is CC(C)N(C)C(=O)COc1ccc([C@H](C)N)cc1F. The highest BCUT2D eigenvalue weighted by Gasteiger charge is 2.14. The van der Waals surface area contributed by atoms with E-state index in [1.54, 1.807) is 24.9 Å². The van der Waals surface area contributed by atoms with E-state index in [1.165, 1.54) is 12.1 Å². The monoisotopic (exact) mass is 268 g/mol. The second-order valence-electron chi connectivity index (χ2n) is 4.87. The van der Waals surface area contributed by atoms with Crippen LogP contribution in [-0.4, -0.2) is 30.5 Å². The van der Waals surface area contributed by atoms with Crippen molar-refractivity contribution in [3.8, 4) is 5.75 Å². The minimum atomic E-state index is -0.505. The second kappa shape index (κ2) is 6.52. The van der Waals surface area contributed by atoms with Gasteiger partial charge in [0.15, 0.2) is 18.2 Å². The van der Waals surface area contributed by atoms with E-state index in [-0.39, 0.29) is 30.3 Å². The average Bonchev–Trinajstić information content (AvgIpc) is 2.35. The molecule has 1 amide bonds. The lowest BCUT2D eigenvalue weighted by atomic mass is 10.1. The Morgan fingerprint density at radius 1 is 1.42 bits per heavy atom. The van der Waals surface area contributed by atoms with Crippen molar-refractivity contribution in [2.24, 2.45) is 5.73 Å². The van der Waals surface area contributed by atoms with E-state index in [0.717, 1.165) is 0 Å². The lowest BCUT2D eigenvalue weighted by molar-refractivity contribution is -0.133. The molecular formula is C14H21FN2O2. The highest BCUT2D eigenvalue weighted by atomic mass is 19.1. The van der Waals surface area contributed by atoms with Crippen LogP contribution in [0, 0.1) is 5.82 Å². The molecule has 1 aromatic rings. The smallest absolute Gasteiger partial charge is 0.260 e. The standard InChI is InChI=1S/C14H21FN2O2/c1-9(2)17(4)14(18)8-19-13-6-5-11(10(3)16)7-12(13)15/h5-7,9-10H,8,16H2,1-4H3/t10-/m0/s1. The molecule has 1 aromatic carbocycles. The summed E-state index contributed by atoms with van der Waals surface area (Å²) in [5.74, 6) is -0.629. The molecule has 0 saturated heterocycles. The number of hydrogen-bond donors (Lipinski definition) is 1. The quantitative estimate of drug-likeness (QED) is 0.889. The number of benzene rings is 1. The Hall–Kier alpha value is -1.62. The van der Waals surface area contributed by atoms with Crippen LogP contribution in [0.25, 0.3) is 0 Å². The summed E-state index contributed by atoms with van der Waals surface area (Å²) in [6.45, 7) is 5.39. The van der Waals surface area contributed by atoms with Crippen LogP contribution in [0.15, 0.2) is 18.2 Å². The Morgan fingerprint density at radius 3 is 2.53 bits per heavy atom.